The average Bonchev–Trinajstić information content (AvgIpc) is 2.66. The molecule has 2 aliphatic heterocycles. The second kappa shape index (κ2) is 5.21. The van der Waals surface area contributed by atoms with Crippen LogP contribution >= 0.6 is 11.8 Å². The van der Waals surface area contributed by atoms with Gasteiger partial charge in [-0.1, -0.05) is 6.92 Å². The maximum Gasteiger partial charge on any atom is 0.226 e. The Bertz CT molecular complexity index is 225. The molecule has 2 rings (SSSR count). The van der Waals surface area contributed by atoms with Crippen LogP contribution in [0.4, 0.5) is 0 Å². The van der Waals surface area contributed by atoms with Crippen LogP contribution in [0, 0.1) is 5.92 Å². The third kappa shape index (κ3) is 2.48. The van der Waals surface area contributed by atoms with Crippen LogP contribution in [0.5, 0.6) is 0 Å². The summed E-state index contributed by atoms with van der Waals surface area (Å²) in [6.45, 7) is 5.07. The van der Waals surface area contributed by atoms with E-state index in [1.54, 1.807) is 0 Å². The minimum Gasteiger partial charge on any atom is -0.337 e. The van der Waals surface area contributed by atoms with Gasteiger partial charge in [-0.05, 0) is 18.6 Å². The van der Waals surface area contributed by atoms with Crippen molar-refractivity contribution < 1.29 is 4.79 Å². The molecule has 0 spiro atoms. The van der Waals surface area contributed by atoms with Crippen LogP contribution in [0.15, 0.2) is 0 Å². The lowest BCUT2D eigenvalue weighted by atomic mass is 10.0. The number of carbonyl (C=O) groups is 1. The second-order valence-electron chi connectivity index (χ2n) is 4.40. The van der Waals surface area contributed by atoms with E-state index >= 15 is 0 Å². The Kier molecular flexibility index (Phi) is 3.92. The molecule has 15 heavy (non-hydrogen) atoms. The summed E-state index contributed by atoms with van der Waals surface area (Å²) in [5.74, 6) is 2.92. The van der Waals surface area contributed by atoms with Crippen molar-refractivity contribution in [2.75, 3.05) is 31.1 Å². The van der Waals surface area contributed by atoms with E-state index in [0.29, 0.717) is 17.9 Å². The summed E-state index contributed by atoms with van der Waals surface area (Å²) in [7, 11) is 0. The number of nitrogens with one attached hydrogen (secondary N) is 1. The van der Waals surface area contributed by atoms with Crippen LogP contribution in [0.25, 0.3) is 0 Å². The van der Waals surface area contributed by atoms with E-state index in [9.17, 15) is 4.79 Å². The molecule has 2 fully saturated rings. The van der Waals surface area contributed by atoms with Crippen LogP contribution in [-0.2, 0) is 4.79 Å². The fourth-order valence-electron chi connectivity index (χ4n) is 2.17. The first-order chi connectivity index (χ1) is 7.33. The normalized spacial score (nSPS) is 26.3. The van der Waals surface area contributed by atoms with E-state index in [1.165, 1.54) is 5.75 Å². The largest absolute Gasteiger partial charge is 0.337 e. The van der Waals surface area contributed by atoms with Crippen LogP contribution in [0.3, 0.4) is 0 Å². The number of nitrogens with zero attached hydrogens (tertiary/aromatic N) is 1. The molecule has 2 saturated heterocycles. The number of rotatable bonds is 4. The lowest BCUT2D eigenvalue weighted by Gasteiger charge is -2.39. The topological polar surface area (TPSA) is 32.3 Å². The quantitative estimate of drug-likeness (QED) is 0.777. The highest BCUT2D eigenvalue weighted by atomic mass is 32.2. The van der Waals surface area contributed by atoms with E-state index in [2.05, 4.69) is 17.1 Å². The highest BCUT2D eigenvalue weighted by molar-refractivity contribution is 7.99. The minimum atomic E-state index is 0.308. The van der Waals surface area contributed by atoms with Crippen molar-refractivity contribution in [1.29, 1.82) is 0 Å². The van der Waals surface area contributed by atoms with Crippen molar-refractivity contribution in [2.45, 2.75) is 25.8 Å². The molecule has 86 valence electrons. The van der Waals surface area contributed by atoms with Gasteiger partial charge in [-0.15, -0.1) is 0 Å². The van der Waals surface area contributed by atoms with Gasteiger partial charge in [-0.25, -0.2) is 0 Å². The van der Waals surface area contributed by atoms with E-state index in [0.717, 1.165) is 38.2 Å². The third-order valence-electron chi connectivity index (χ3n) is 3.23. The van der Waals surface area contributed by atoms with Crippen molar-refractivity contribution in [3.8, 4) is 0 Å². The van der Waals surface area contributed by atoms with Crippen molar-refractivity contribution in [3.63, 3.8) is 0 Å². The molecule has 2 heterocycles. The van der Waals surface area contributed by atoms with Gasteiger partial charge in [0.1, 0.15) is 0 Å². The van der Waals surface area contributed by atoms with Crippen LogP contribution in [0.2, 0.25) is 0 Å². The predicted molar refractivity (Wildman–Crippen MR) is 64.1 cm³/mol. The molecule has 4 heteroatoms. The molecule has 2 aliphatic rings. The summed E-state index contributed by atoms with van der Waals surface area (Å²) in [6, 6.07) is 0.475. The van der Waals surface area contributed by atoms with Gasteiger partial charge in [0.2, 0.25) is 5.91 Å². The van der Waals surface area contributed by atoms with E-state index < -0.39 is 0 Å². The number of amides is 1. The maximum atomic E-state index is 12.3. The second-order valence-corrected chi connectivity index (χ2v) is 5.55. The lowest BCUT2D eigenvalue weighted by molar-refractivity contribution is -0.138. The van der Waals surface area contributed by atoms with Gasteiger partial charge in [0.15, 0.2) is 0 Å². The summed E-state index contributed by atoms with van der Waals surface area (Å²) in [4.78, 5) is 14.4. The summed E-state index contributed by atoms with van der Waals surface area (Å²) in [5, 5.41) is 3.25. The predicted octanol–water partition coefficient (Wildman–Crippen LogP) is 0.950. The van der Waals surface area contributed by atoms with Gasteiger partial charge in [-0.2, -0.15) is 11.8 Å². The molecule has 1 N–H and O–H groups in total. The van der Waals surface area contributed by atoms with Crippen LogP contribution < -0.4 is 5.32 Å². The summed E-state index contributed by atoms with van der Waals surface area (Å²) in [5.41, 5.74) is 0. The summed E-state index contributed by atoms with van der Waals surface area (Å²) < 4.78 is 0. The molecule has 0 aliphatic carbocycles. The monoisotopic (exact) mass is 228 g/mol. The standard InChI is InChI=1S/C11H20N2OS/c1-2-4-13(10-6-12-7-10)11(14)9-3-5-15-8-9/h9-10,12H,2-8H2,1H3. The number of thioether (sulfide) groups is 1. The molecule has 0 aromatic heterocycles. The van der Waals surface area contributed by atoms with Gasteiger partial charge in [-0.3, -0.25) is 4.79 Å². The smallest absolute Gasteiger partial charge is 0.226 e. The zero-order valence-corrected chi connectivity index (χ0v) is 10.2. The summed E-state index contributed by atoms with van der Waals surface area (Å²) >= 11 is 1.92. The van der Waals surface area contributed by atoms with Gasteiger partial charge >= 0.3 is 0 Å². The zero-order chi connectivity index (χ0) is 10.7. The van der Waals surface area contributed by atoms with E-state index in [-0.39, 0.29) is 0 Å². The van der Waals surface area contributed by atoms with Crippen LogP contribution in [-0.4, -0.2) is 48.0 Å². The Labute approximate surface area is 96.0 Å². The molecule has 3 nitrogen and oxygen atoms in total. The number of hydrogen-bond donors (Lipinski definition) is 1. The number of hydrogen-bond acceptors (Lipinski definition) is 3. The molecule has 0 bridgehead atoms. The maximum absolute atomic E-state index is 12.3. The molecule has 1 atom stereocenters. The molecular formula is C11H20N2OS. The minimum absolute atomic E-state index is 0.308. The van der Waals surface area contributed by atoms with Crippen molar-refractivity contribution in [1.82, 2.24) is 10.2 Å². The first-order valence-electron chi connectivity index (χ1n) is 5.92. The fraction of sp³-hybridized carbons (Fsp3) is 0.909. The van der Waals surface area contributed by atoms with Gasteiger partial charge in [0, 0.05) is 31.3 Å². The molecule has 1 amide bonds. The van der Waals surface area contributed by atoms with Gasteiger partial charge in [0.05, 0.1) is 6.04 Å². The van der Waals surface area contributed by atoms with Crippen molar-refractivity contribution >= 4 is 17.7 Å². The Balaban J connectivity index is 1.92. The first kappa shape index (κ1) is 11.3. The summed E-state index contributed by atoms with van der Waals surface area (Å²) in [6.07, 6.45) is 2.16. The van der Waals surface area contributed by atoms with Gasteiger partial charge in [0.25, 0.3) is 0 Å². The molecule has 1 unspecified atom stereocenters. The van der Waals surface area contributed by atoms with Crippen LogP contribution in [0.1, 0.15) is 19.8 Å². The molecule has 0 radical (unpaired) electrons. The Morgan fingerprint density at radius 2 is 2.33 bits per heavy atom. The third-order valence-corrected chi connectivity index (χ3v) is 4.39. The average molecular weight is 228 g/mol. The number of carbonyl (C=O) groups excluding carboxylic acids is 1. The highest BCUT2D eigenvalue weighted by Crippen LogP contribution is 2.26. The van der Waals surface area contributed by atoms with E-state index in [4.69, 9.17) is 0 Å². The Hall–Kier alpha value is -0.220. The highest BCUT2D eigenvalue weighted by Gasteiger charge is 2.33. The SMILES string of the molecule is CCCN(C(=O)C1CCSC1)C1CNC1. The van der Waals surface area contributed by atoms with E-state index in [1.807, 2.05) is 11.8 Å². The molecule has 0 aromatic rings. The molecular weight excluding hydrogens is 208 g/mol. The fourth-order valence-corrected chi connectivity index (χ4v) is 3.38. The van der Waals surface area contributed by atoms with Crippen molar-refractivity contribution in [3.05, 3.63) is 0 Å². The Morgan fingerprint density at radius 3 is 2.80 bits per heavy atom. The first-order valence-corrected chi connectivity index (χ1v) is 7.07. The Morgan fingerprint density at radius 1 is 1.53 bits per heavy atom. The molecule has 0 aromatic carbocycles. The zero-order valence-electron chi connectivity index (χ0n) is 9.37. The van der Waals surface area contributed by atoms with Crippen molar-refractivity contribution in [2.24, 2.45) is 5.92 Å². The lowest BCUT2D eigenvalue weighted by Crippen LogP contribution is -2.60. The van der Waals surface area contributed by atoms with Gasteiger partial charge < -0.3 is 10.2 Å². The molecule has 0 saturated carbocycles.